The van der Waals surface area contributed by atoms with Crippen molar-refractivity contribution < 1.29 is 18.6 Å². The second kappa shape index (κ2) is 8.51. The SMILES string of the molecule is COc1cc(Nc2ncc(F)c(Nc3cccc(C)c3N)n2)cc(OC)c1OC. The summed E-state index contributed by atoms with van der Waals surface area (Å²) >= 11 is 0. The van der Waals surface area contributed by atoms with Gasteiger partial charge < -0.3 is 30.6 Å². The van der Waals surface area contributed by atoms with E-state index in [9.17, 15) is 4.39 Å². The van der Waals surface area contributed by atoms with Crippen molar-refractivity contribution in [3.8, 4) is 17.2 Å². The molecular formula is C20H22FN5O3. The molecule has 0 aliphatic heterocycles. The predicted octanol–water partition coefficient (Wildman–Crippen LogP) is 4.02. The second-order valence-electron chi connectivity index (χ2n) is 6.09. The van der Waals surface area contributed by atoms with Crippen molar-refractivity contribution in [1.82, 2.24) is 9.97 Å². The number of anilines is 5. The van der Waals surface area contributed by atoms with Crippen LogP contribution in [0.15, 0.2) is 36.5 Å². The molecule has 0 bridgehead atoms. The molecule has 9 heteroatoms. The maximum atomic E-state index is 14.2. The maximum Gasteiger partial charge on any atom is 0.229 e. The molecule has 0 spiro atoms. The summed E-state index contributed by atoms with van der Waals surface area (Å²) in [6.45, 7) is 1.87. The Hall–Kier alpha value is -3.75. The topological polar surface area (TPSA) is 104 Å². The molecular weight excluding hydrogens is 377 g/mol. The van der Waals surface area contributed by atoms with Crippen LogP contribution in [0.25, 0.3) is 0 Å². The molecule has 0 aliphatic carbocycles. The van der Waals surface area contributed by atoms with E-state index in [2.05, 4.69) is 20.6 Å². The summed E-state index contributed by atoms with van der Waals surface area (Å²) in [4.78, 5) is 8.20. The Labute approximate surface area is 167 Å². The number of para-hydroxylation sites is 1. The molecule has 0 aliphatic rings. The van der Waals surface area contributed by atoms with Crippen LogP contribution >= 0.6 is 0 Å². The average molecular weight is 399 g/mol. The normalized spacial score (nSPS) is 10.4. The molecule has 4 N–H and O–H groups in total. The van der Waals surface area contributed by atoms with Crippen molar-refractivity contribution in [1.29, 1.82) is 0 Å². The van der Waals surface area contributed by atoms with Gasteiger partial charge in [0.2, 0.25) is 11.7 Å². The lowest BCUT2D eigenvalue weighted by Gasteiger charge is -2.15. The van der Waals surface area contributed by atoms with Gasteiger partial charge in [0.05, 0.1) is 38.9 Å². The first-order chi connectivity index (χ1) is 14.0. The summed E-state index contributed by atoms with van der Waals surface area (Å²) in [5.74, 6) is 0.936. The van der Waals surface area contributed by atoms with E-state index in [1.54, 1.807) is 18.2 Å². The zero-order valence-corrected chi connectivity index (χ0v) is 16.5. The van der Waals surface area contributed by atoms with Crippen LogP contribution in [-0.2, 0) is 0 Å². The number of ether oxygens (including phenoxy) is 3. The Morgan fingerprint density at radius 2 is 1.69 bits per heavy atom. The second-order valence-corrected chi connectivity index (χ2v) is 6.09. The fraction of sp³-hybridized carbons (Fsp3) is 0.200. The molecule has 1 aromatic heterocycles. The monoisotopic (exact) mass is 399 g/mol. The molecule has 8 nitrogen and oxygen atoms in total. The van der Waals surface area contributed by atoms with Gasteiger partial charge >= 0.3 is 0 Å². The highest BCUT2D eigenvalue weighted by molar-refractivity contribution is 5.74. The van der Waals surface area contributed by atoms with E-state index in [0.717, 1.165) is 11.8 Å². The highest BCUT2D eigenvalue weighted by atomic mass is 19.1. The molecule has 29 heavy (non-hydrogen) atoms. The smallest absolute Gasteiger partial charge is 0.229 e. The van der Waals surface area contributed by atoms with Gasteiger partial charge in [0.1, 0.15) is 0 Å². The summed E-state index contributed by atoms with van der Waals surface area (Å²) in [6, 6.07) is 8.83. The van der Waals surface area contributed by atoms with Gasteiger partial charge in [0.15, 0.2) is 23.1 Å². The molecule has 0 radical (unpaired) electrons. The number of rotatable bonds is 7. The first-order valence-corrected chi connectivity index (χ1v) is 8.68. The van der Waals surface area contributed by atoms with Gasteiger partial charge in [0.25, 0.3) is 0 Å². The summed E-state index contributed by atoms with van der Waals surface area (Å²) in [5.41, 5.74) is 8.58. The van der Waals surface area contributed by atoms with Crippen LogP contribution in [0.4, 0.5) is 33.2 Å². The van der Waals surface area contributed by atoms with Crippen LogP contribution in [0.2, 0.25) is 0 Å². The lowest BCUT2D eigenvalue weighted by atomic mass is 10.2. The van der Waals surface area contributed by atoms with E-state index >= 15 is 0 Å². The lowest BCUT2D eigenvalue weighted by Crippen LogP contribution is -2.05. The molecule has 0 atom stereocenters. The van der Waals surface area contributed by atoms with Crippen LogP contribution in [0, 0.1) is 12.7 Å². The minimum Gasteiger partial charge on any atom is -0.493 e. The quantitative estimate of drug-likeness (QED) is 0.512. The number of aromatic nitrogens is 2. The Morgan fingerprint density at radius 1 is 1.00 bits per heavy atom. The first kappa shape index (κ1) is 20.0. The standard InChI is InChI=1S/C20H22FN5O3/c1-11-6-5-7-14(17(11)22)25-19-13(21)10-23-20(26-19)24-12-8-15(27-2)18(29-4)16(9-12)28-3/h5-10H,22H2,1-4H3,(H2,23,24,25,26). The van der Waals surface area contributed by atoms with E-state index in [1.807, 2.05) is 19.1 Å². The number of hydrogen-bond acceptors (Lipinski definition) is 8. The minimum atomic E-state index is -0.610. The molecule has 152 valence electrons. The van der Waals surface area contributed by atoms with Gasteiger partial charge in [-0.05, 0) is 18.6 Å². The number of nitrogen functional groups attached to an aromatic ring is 1. The molecule has 0 saturated heterocycles. The van der Waals surface area contributed by atoms with Gasteiger partial charge in [-0.1, -0.05) is 12.1 Å². The summed E-state index contributed by atoms with van der Waals surface area (Å²) in [7, 11) is 4.55. The largest absolute Gasteiger partial charge is 0.493 e. The first-order valence-electron chi connectivity index (χ1n) is 8.68. The van der Waals surface area contributed by atoms with E-state index in [-0.39, 0.29) is 11.8 Å². The predicted molar refractivity (Wildman–Crippen MR) is 110 cm³/mol. The van der Waals surface area contributed by atoms with Crippen LogP contribution in [-0.4, -0.2) is 31.3 Å². The van der Waals surface area contributed by atoms with Gasteiger partial charge in [-0.15, -0.1) is 0 Å². The minimum absolute atomic E-state index is 0.00718. The Morgan fingerprint density at radius 3 is 2.31 bits per heavy atom. The highest BCUT2D eigenvalue weighted by Gasteiger charge is 2.15. The van der Waals surface area contributed by atoms with Gasteiger partial charge in [0, 0.05) is 17.8 Å². The number of hydrogen-bond donors (Lipinski definition) is 3. The molecule has 2 aromatic carbocycles. The zero-order chi connectivity index (χ0) is 21.0. The number of nitrogens with two attached hydrogens (primary N) is 1. The summed E-state index contributed by atoms with van der Waals surface area (Å²) in [6.07, 6.45) is 1.07. The van der Waals surface area contributed by atoms with Crippen molar-refractivity contribution >= 4 is 28.8 Å². The van der Waals surface area contributed by atoms with E-state index in [1.165, 1.54) is 21.3 Å². The van der Waals surface area contributed by atoms with Crippen molar-refractivity contribution in [3.05, 3.63) is 47.9 Å². The summed E-state index contributed by atoms with van der Waals surface area (Å²) in [5, 5.41) is 5.92. The molecule has 0 saturated carbocycles. The number of nitrogens with one attached hydrogen (secondary N) is 2. The zero-order valence-electron chi connectivity index (χ0n) is 16.5. The Kier molecular flexibility index (Phi) is 5.87. The third-order valence-electron chi connectivity index (χ3n) is 4.24. The molecule has 3 rings (SSSR count). The van der Waals surface area contributed by atoms with Crippen molar-refractivity contribution in [2.45, 2.75) is 6.92 Å². The summed E-state index contributed by atoms with van der Waals surface area (Å²) < 4.78 is 30.2. The Bertz CT molecular complexity index is 1000. The maximum absolute atomic E-state index is 14.2. The highest BCUT2D eigenvalue weighted by Crippen LogP contribution is 2.40. The molecule has 0 amide bonds. The van der Waals surface area contributed by atoms with Crippen LogP contribution in [0.5, 0.6) is 17.2 Å². The molecule has 0 fully saturated rings. The third kappa shape index (κ3) is 4.23. The number of nitrogens with zero attached hydrogens (tertiary/aromatic N) is 2. The van der Waals surface area contributed by atoms with E-state index in [0.29, 0.717) is 34.3 Å². The van der Waals surface area contributed by atoms with Crippen molar-refractivity contribution in [2.24, 2.45) is 0 Å². The number of methoxy groups -OCH3 is 3. The van der Waals surface area contributed by atoms with Crippen LogP contribution in [0.1, 0.15) is 5.56 Å². The lowest BCUT2D eigenvalue weighted by molar-refractivity contribution is 0.324. The van der Waals surface area contributed by atoms with E-state index in [4.69, 9.17) is 19.9 Å². The van der Waals surface area contributed by atoms with Crippen LogP contribution in [0.3, 0.4) is 0 Å². The average Bonchev–Trinajstić information content (AvgIpc) is 2.72. The van der Waals surface area contributed by atoms with Gasteiger partial charge in [-0.25, -0.2) is 9.37 Å². The fourth-order valence-electron chi connectivity index (χ4n) is 2.71. The number of benzene rings is 2. The number of aryl methyl sites for hydroxylation is 1. The van der Waals surface area contributed by atoms with E-state index < -0.39 is 5.82 Å². The van der Waals surface area contributed by atoms with Gasteiger partial charge in [-0.2, -0.15) is 4.98 Å². The Balaban J connectivity index is 1.91. The number of halogens is 1. The van der Waals surface area contributed by atoms with Crippen molar-refractivity contribution in [3.63, 3.8) is 0 Å². The molecule has 3 aromatic rings. The molecule has 0 unspecified atom stereocenters. The fourth-order valence-corrected chi connectivity index (χ4v) is 2.71. The van der Waals surface area contributed by atoms with Gasteiger partial charge in [-0.3, -0.25) is 0 Å². The third-order valence-corrected chi connectivity index (χ3v) is 4.24. The van der Waals surface area contributed by atoms with Crippen LogP contribution < -0.4 is 30.6 Å². The molecule has 1 heterocycles. The van der Waals surface area contributed by atoms with Crippen molar-refractivity contribution in [2.75, 3.05) is 37.7 Å².